The zero-order chi connectivity index (χ0) is 13.8. The number of ether oxygens (including phenoxy) is 1. The second-order valence-electron chi connectivity index (χ2n) is 5.43. The average Bonchev–Trinajstić information content (AvgIpc) is 2.97. The van der Waals surface area contributed by atoms with Gasteiger partial charge in [0.05, 0.1) is 0 Å². The smallest absolute Gasteiger partial charge is 0.119 e. The number of rotatable bonds is 4. The molecule has 20 heavy (non-hydrogen) atoms. The van der Waals surface area contributed by atoms with Gasteiger partial charge < -0.3 is 10.1 Å². The molecule has 0 spiro atoms. The molecule has 2 unspecified atom stereocenters. The van der Waals surface area contributed by atoms with Crippen LogP contribution in [0, 0.1) is 0 Å². The zero-order valence-corrected chi connectivity index (χ0v) is 11.9. The van der Waals surface area contributed by atoms with E-state index in [1.54, 1.807) is 0 Å². The van der Waals surface area contributed by atoms with E-state index >= 15 is 0 Å². The third-order valence-corrected chi connectivity index (χ3v) is 4.06. The molecule has 2 aromatic rings. The van der Waals surface area contributed by atoms with Crippen LogP contribution in [0.15, 0.2) is 54.6 Å². The SMILES string of the molecule is CNC1CCC(Oc2ccc(-c3ccccc3)cc2)C1. The molecule has 2 nitrogen and oxygen atoms in total. The molecule has 0 bridgehead atoms. The molecule has 0 amide bonds. The molecule has 1 fully saturated rings. The zero-order valence-electron chi connectivity index (χ0n) is 11.9. The van der Waals surface area contributed by atoms with Crippen molar-refractivity contribution < 1.29 is 4.74 Å². The first-order valence-corrected chi connectivity index (χ1v) is 7.34. The molecule has 3 rings (SSSR count). The standard InChI is InChI=1S/C18H21NO/c1-19-16-9-12-18(13-16)20-17-10-7-15(8-11-17)14-5-3-2-4-6-14/h2-8,10-11,16,18-19H,9,12-13H2,1H3. The molecule has 0 aliphatic heterocycles. The minimum Gasteiger partial charge on any atom is -0.490 e. The molecule has 0 saturated heterocycles. The lowest BCUT2D eigenvalue weighted by molar-refractivity contribution is 0.207. The van der Waals surface area contributed by atoms with Crippen LogP contribution in [0.3, 0.4) is 0 Å². The Kier molecular flexibility index (Phi) is 4.03. The van der Waals surface area contributed by atoms with Gasteiger partial charge in [0.2, 0.25) is 0 Å². The Labute approximate surface area is 120 Å². The Hall–Kier alpha value is -1.80. The first-order valence-electron chi connectivity index (χ1n) is 7.34. The van der Waals surface area contributed by atoms with Gasteiger partial charge in [-0.25, -0.2) is 0 Å². The largest absolute Gasteiger partial charge is 0.490 e. The fraction of sp³-hybridized carbons (Fsp3) is 0.333. The van der Waals surface area contributed by atoms with Crippen molar-refractivity contribution in [2.75, 3.05) is 7.05 Å². The first-order chi connectivity index (χ1) is 9.85. The predicted octanol–water partition coefficient (Wildman–Crippen LogP) is 3.87. The number of benzene rings is 2. The number of hydrogen-bond donors (Lipinski definition) is 1. The minimum absolute atomic E-state index is 0.357. The molecule has 0 radical (unpaired) electrons. The van der Waals surface area contributed by atoms with E-state index < -0.39 is 0 Å². The first kappa shape index (κ1) is 13.2. The molecule has 2 aromatic carbocycles. The summed E-state index contributed by atoms with van der Waals surface area (Å²) >= 11 is 0. The lowest BCUT2D eigenvalue weighted by atomic mass is 10.1. The van der Waals surface area contributed by atoms with Gasteiger partial charge >= 0.3 is 0 Å². The van der Waals surface area contributed by atoms with Gasteiger partial charge in [-0.15, -0.1) is 0 Å². The highest BCUT2D eigenvalue weighted by Gasteiger charge is 2.24. The molecule has 1 N–H and O–H groups in total. The van der Waals surface area contributed by atoms with Crippen LogP contribution in [0.4, 0.5) is 0 Å². The third-order valence-electron chi connectivity index (χ3n) is 4.06. The van der Waals surface area contributed by atoms with E-state index in [9.17, 15) is 0 Å². The van der Waals surface area contributed by atoms with Gasteiger partial charge in [0, 0.05) is 6.04 Å². The summed E-state index contributed by atoms with van der Waals surface area (Å²) in [5.41, 5.74) is 2.48. The van der Waals surface area contributed by atoms with E-state index in [-0.39, 0.29) is 0 Å². The Morgan fingerprint density at radius 3 is 2.25 bits per heavy atom. The predicted molar refractivity (Wildman–Crippen MR) is 83.0 cm³/mol. The molecule has 1 saturated carbocycles. The van der Waals surface area contributed by atoms with Crippen molar-refractivity contribution in [3.05, 3.63) is 54.6 Å². The summed E-state index contributed by atoms with van der Waals surface area (Å²) in [5, 5.41) is 3.33. The van der Waals surface area contributed by atoms with Crippen molar-refractivity contribution in [1.82, 2.24) is 5.32 Å². The summed E-state index contributed by atoms with van der Waals surface area (Å²) < 4.78 is 6.06. The lowest BCUT2D eigenvalue weighted by Gasteiger charge is -2.14. The highest BCUT2D eigenvalue weighted by Crippen LogP contribution is 2.26. The van der Waals surface area contributed by atoms with Gasteiger partial charge in [-0.2, -0.15) is 0 Å². The van der Waals surface area contributed by atoms with Gasteiger partial charge in [0.15, 0.2) is 0 Å². The summed E-state index contributed by atoms with van der Waals surface area (Å²) in [5.74, 6) is 0.978. The van der Waals surface area contributed by atoms with E-state index in [0.717, 1.165) is 18.6 Å². The van der Waals surface area contributed by atoms with Crippen LogP contribution in [0.1, 0.15) is 19.3 Å². The van der Waals surface area contributed by atoms with Crippen molar-refractivity contribution in [2.45, 2.75) is 31.4 Å². The quantitative estimate of drug-likeness (QED) is 0.908. The molecule has 1 aliphatic carbocycles. The third kappa shape index (κ3) is 3.02. The molecule has 2 atom stereocenters. The van der Waals surface area contributed by atoms with Crippen molar-refractivity contribution in [2.24, 2.45) is 0 Å². The van der Waals surface area contributed by atoms with Crippen LogP contribution in [0.2, 0.25) is 0 Å². The second-order valence-corrected chi connectivity index (χ2v) is 5.43. The van der Waals surface area contributed by atoms with Crippen molar-refractivity contribution >= 4 is 0 Å². The van der Waals surface area contributed by atoms with Crippen LogP contribution < -0.4 is 10.1 Å². The highest BCUT2D eigenvalue weighted by molar-refractivity contribution is 5.63. The van der Waals surface area contributed by atoms with Gasteiger partial charge in [-0.3, -0.25) is 0 Å². The summed E-state index contributed by atoms with van der Waals surface area (Å²) in [6.07, 6.45) is 3.82. The van der Waals surface area contributed by atoms with Crippen molar-refractivity contribution in [3.8, 4) is 16.9 Å². The van der Waals surface area contributed by atoms with Gasteiger partial charge in [-0.05, 0) is 49.6 Å². The monoisotopic (exact) mass is 267 g/mol. The normalized spacial score (nSPS) is 21.9. The maximum atomic E-state index is 6.06. The van der Waals surface area contributed by atoms with Crippen molar-refractivity contribution in [3.63, 3.8) is 0 Å². The van der Waals surface area contributed by atoms with E-state index in [1.165, 1.54) is 17.5 Å². The van der Waals surface area contributed by atoms with E-state index in [2.05, 4.69) is 53.8 Å². The fourth-order valence-electron chi connectivity index (χ4n) is 2.86. The Morgan fingerprint density at radius 1 is 0.900 bits per heavy atom. The maximum Gasteiger partial charge on any atom is 0.119 e. The van der Waals surface area contributed by atoms with Crippen LogP contribution in [0.5, 0.6) is 5.75 Å². The lowest BCUT2D eigenvalue weighted by Crippen LogP contribution is -2.23. The summed E-state index contributed by atoms with van der Waals surface area (Å²) in [6.45, 7) is 0. The topological polar surface area (TPSA) is 21.3 Å². The second kappa shape index (κ2) is 6.10. The average molecular weight is 267 g/mol. The fourth-order valence-corrected chi connectivity index (χ4v) is 2.86. The molecule has 2 heteroatoms. The molecular weight excluding hydrogens is 246 g/mol. The number of nitrogens with one attached hydrogen (secondary N) is 1. The van der Waals surface area contributed by atoms with E-state index in [0.29, 0.717) is 12.1 Å². The summed E-state index contributed by atoms with van der Waals surface area (Å²) in [6, 6.07) is 19.5. The number of hydrogen-bond acceptors (Lipinski definition) is 2. The molecule has 104 valence electrons. The molecule has 1 aliphatic rings. The van der Waals surface area contributed by atoms with Crippen LogP contribution in [0.25, 0.3) is 11.1 Å². The maximum absolute atomic E-state index is 6.06. The van der Waals surface area contributed by atoms with Gasteiger partial charge in [0.25, 0.3) is 0 Å². The highest BCUT2D eigenvalue weighted by atomic mass is 16.5. The van der Waals surface area contributed by atoms with Crippen LogP contribution in [-0.4, -0.2) is 19.2 Å². The van der Waals surface area contributed by atoms with Crippen molar-refractivity contribution in [1.29, 1.82) is 0 Å². The van der Waals surface area contributed by atoms with E-state index in [4.69, 9.17) is 4.74 Å². The Bertz CT molecular complexity index is 535. The Morgan fingerprint density at radius 2 is 1.60 bits per heavy atom. The molecule has 0 aromatic heterocycles. The van der Waals surface area contributed by atoms with Crippen LogP contribution in [-0.2, 0) is 0 Å². The van der Waals surface area contributed by atoms with Gasteiger partial charge in [0.1, 0.15) is 11.9 Å². The summed E-state index contributed by atoms with van der Waals surface area (Å²) in [4.78, 5) is 0. The minimum atomic E-state index is 0.357. The van der Waals surface area contributed by atoms with Crippen LogP contribution >= 0.6 is 0 Å². The molecular formula is C18H21NO. The summed E-state index contributed by atoms with van der Waals surface area (Å²) in [7, 11) is 2.03. The van der Waals surface area contributed by atoms with E-state index in [1.807, 2.05) is 13.1 Å². The molecule has 0 heterocycles. The van der Waals surface area contributed by atoms with Gasteiger partial charge in [-0.1, -0.05) is 42.5 Å². The Balaban J connectivity index is 1.65.